The Labute approximate surface area is 174 Å². The molecule has 4 rings (SSSR count). The topological polar surface area (TPSA) is 59.8 Å². The fourth-order valence-electron chi connectivity index (χ4n) is 3.94. The van der Waals surface area contributed by atoms with Crippen molar-refractivity contribution in [3.8, 4) is 0 Å². The van der Waals surface area contributed by atoms with E-state index >= 15 is 0 Å². The van der Waals surface area contributed by atoms with Crippen LogP contribution in [-0.4, -0.2) is 26.3 Å². The minimum absolute atomic E-state index is 0.0746. The molecule has 1 atom stereocenters. The largest absolute Gasteiger partial charge is 0.328 e. The summed E-state index contributed by atoms with van der Waals surface area (Å²) < 4.78 is 1.84. The molecule has 0 saturated carbocycles. The van der Waals surface area contributed by atoms with Crippen LogP contribution in [0.2, 0.25) is 5.02 Å². The fraction of sp³-hybridized carbons (Fsp3) is 0.476. The molecule has 0 bridgehead atoms. The average molecular weight is 417 g/mol. The van der Waals surface area contributed by atoms with Gasteiger partial charge < -0.3 is 5.32 Å². The molecule has 148 valence electrons. The van der Waals surface area contributed by atoms with E-state index < -0.39 is 0 Å². The lowest BCUT2D eigenvalue weighted by Gasteiger charge is -2.38. The highest BCUT2D eigenvalue weighted by atomic mass is 35.5. The summed E-state index contributed by atoms with van der Waals surface area (Å²) in [7, 11) is 0. The number of hydrogen-bond acceptors (Lipinski definition) is 5. The van der Waals surface area contributed by atoms with Crippen molar-refractivity contribution in [3.05, 3.63) is 46.1 Å². The molecule has 0 radical (unpaired) electrons. The number of halogens is 1. The van der Waals surface area contributed by atoms with E-state index in [9.17, 15) is 4.79 Å². The Bertz CT molecular complexity index is 950. The first-order chi connectivity index (χ1) is 13.4. The van der Waals surface area contributed by atoms with Crippen molar-refractivity contribution in [3.63, 3.8) is 0 Å². The van der Waals surface area contributed by atoms with Gasteiger partial charge in [0, 0.05) is 34.0 Å². The quantitative estimate of drug-likeness (QED) is 0.516. The number of unbranched alkanes of at least 4 members (excludes halogenated alkanes) is 1. The molecule has 1 N–H and O–H groups in total. The lowest BCUT2D eigenvalue weighted by molar-refractivity contribution is -0.118. The van der Waals surface area contributed by atoms with Gasteiger partial charge in [-0.25, -0.2) is 4.68 Å². The number of allylic oxidation sites excluding steroid dienone is 2. The van der Waals surface area contributed by atoms with E-state index in [1.165, 1.54) is 0 Å². The Morgan fingerprint density at radius 1 is 1.32 bits per heavy atom. The molecule has 1 aromatic heterocycles. The number of ketones is 1. The minimum atomic E-state index is -0.337. The molecular weight excluding hydrogens is 392 g/mol. The van der Waals surface area contributed by atoms with Gasteiger partial charge in [-0.1, -0.05) is 68.8 Å². The molecule has 28 heavy (non-hydrogen) atoms. The van der Waals surface area contributed by atoms with E-state index in [1.807, 2.05) is 28.9 Å². The third-order valence-corrected chi connectivity index (χ3v) is 6.51. The number of Topliss-reactive ketones (excluding diaryl/α,β-unsaturated/α-hetero) is 1. The van der Waals surface area contributed by atoms with Crippen LogP contribution in [0.25, 0.3) is 0 Å². The van der Waals surface area contributed by atoms with Crippen molar-refractivity contribution >= 4 is 35.1 Å². The van der Waals surface area contributed by atoms with Crippen molar-refractivity contribution in [1.82, 2.24) is 14.8 Å². The van der Waals surface area contributed by atoms with E-state index in [1.54, 1.807) is 11.8 Å². The van der Waals surface area contributed by atoms with Crippen molar-refractivity contribution in [2.45, 2.75) is 57.7 Å². The monoisotopic (exact) mass is 416 g/mol. The molecule has 0 spiro atoms. The van der Waals surface area contributed by atoms with Crippen molar-refractivity contribution in [1.29, 1.82) is 0 Å². The molecule has 1 aromatic carbocycles. The Hall–Kier alpha value is -1.79. The number of thioether (sulfide) groups is 1. The summed E-state index contributed by atoms with van der Waals surface area (Å²) in [6.07, 6.45) is 3.59. The standard InChI is InChI=1S/C21H25ClN4OS/c1-4-5-10-28-20-24-19-23-15-11-21(2,3)12-16(27)17(15)18(26(19)25-20)13-8-6-7-9-14(13)22/h6-9,18H,4-5,10-12H2,1-3H3,(H,23,24,25)/t18-/m0/s1. The molecule has 0 amide bonds. The highest BCUT2D eigenvalue weighted by Gasteiger charge is 2.42. The summed E-state index contributed by atoms with van der Waals surface area (Å²) in [6, 6.07) is 7.36. The molecule has 2 aromatic rings. The molecule has 0 saturated heterocycles. The first-order valence-electron chi connectivity index (χ1n) is 9.76. The maximum absolute atomic E-state index is 13.2. The fourth-order valence-corrected chi connectivity index (χ4v) is 5.09. The van der Waals surface area contributed by atoms with E-state index in [0.29, 0.717) is 17.4 Å². The average Bonchev–Trinajstić information content (AvgIpc) is 3.02. The Morgan fingerprint density at radius 2 is 2.11 bits per heavy atom. The molecule has 2 heterocycles. The third-order valence-electron chi connectivity index (χ3n) is 5.24. The molecule has 1 aliphatic carbocycles. The number of carbonyl (C=O) groups is 1. The van der Waals surface area contributed by atoms with Crippen LogP contribution in [0.1, 0.15) is 58.1 Å². The third kappa shape index (κ3) is 3.60. The number of hydrogen-bond donors (Lipinski definition) is 1. The summed E-state index contributed by atoms with van der Waals surface area (Å²) in [5.41, 5.74) is 2.54. The van der Waals surface area contributed by atoms with Crippen LogP contribution in [0.3, 0.4) is 0 Å². The van der Waals surface area contributed by atoms with Gasteiger partial charge in [-0.3, -0.25) is 4.79 Å². The van der Waals surface area contributed by atoms with Crippen molar-refractivity contribution in [2.75, 3.05) is 11.1 Å². The van der Waals surface area contributed by atoms with E-state index in [-0.39, 0.29) is 17.2 Å². The van der Waals surface area contributed by atoms with Gasteiger partial charge in [0.1, 0.15) is 6.04 Å². The van der Waals surface area contributed by atoms with Gasteiger partial charge in [-0.05, 0) is 24.3 Å². The molecule has 0 unspecified atom stereocenters. The Balaban J connectivity index is 1.81. The minimum Gasteiger partial charge on any atom is -0.328 e. The van der Waals surface area contributed by atoms with Gasteiger partial charge in [0.25, 0.3) is 0 Å². The molecule has 5 nitrogen and oxygen atoms in total. The summed E-state index contributed by atoms with van der Waals surface area (Å²) >= 11 is 8.20. The first-order valence-corrected chi connectivity index (χ1v) is 11.1. The second kappa shape index (κ2) is 7.56. The highest BCUT2D eigenvalue weighted by molar-refractivity contribution is 7.99. The van der Waals surface area contributed by atoms with Crippen LogP contribution < -0.4 is 5.32 Å². The highest BCUT2D eigenvalue weighted by Crippen LogP contribution is 2.46. The van der Waals surface area contributed by atoms with Gasteiger partial charge in [0.15, 0.2) is 5.78 Å². The number of nitrogens with one attached hydrogen (secondary N) is 1. The number of aromatic nitrogens is 3. The zero-order chi connectivity index (χ0) is 19.9. The Morgan fingerprint density at radius 3 is 2.86 bits per heavy atom. The zero-order valence-corrected chi connectivity index (χ0v) is 18.0. The molecular formula is C21H25ClN4OS. The lowest BCUT2D eigenvalue weighted by Crippen LogP contribution is -2.36. The summed E-state index contributed by atoms with van der Waals surface area (Å²) in [6.45, 7) is 6.44. The van der Waals surface area contributed by atoms with Gasteiger partial charge in [0.05, 0.1) is 0 Å². The zero-order valence-electron chi connectivity index (χ0n) is 16.5. The maximum atomic E-state index is 13.2. The number of benzene rings is 1. The van der Waals surface area contributed by atoms with Gasteiger partial charge in [-0.15, -0.1) is 5.10 Å². The SMILES string of the molecule is CCCCSc1nc2n(n1)[C@@H](c1ccccc1Cl)C1=C(CC(C)(C)CC1=O)N2. The molecule has 1 aliphatic heterocycles. The predicted octanol–water partition coefficient (Wildman–Crippen LogP) is 5.48. The van der Waals surface area contributed by atoms with E-state index in [0.717, 1.165) is 47.0 Å². The maximum Gasteiger partial charge on any atom is 0.227 e. The second-order valence-electron chi connectivity index (χ2n) is 8.25. The number of rotatable bonds is 5. The molecule has 2 aliphatic rings. The Kier molecular flexibility index (Phi) is 5.27. The van der Waals surface area contributed by atoms with E-state index in [4.69, 9.17) is 21.7 Å². The number of fused-ring (bicyclic) bond motifs is 1. The van der Waals surface area contributed by atoms with Crippen LogP contribution in [0.4, 0.5) is 5.95 Å². The molecule has 7 heteroatoms. The summed E-state index contributed by atoms with van der Waals surface area (Å²) in [5, 5.41) is 9.53. The lowest BCUT2D eigenvalue weighted by atomic mass is 9.73. The van der Waals surface area contributed by atoms with Gasteiger partial charge >= 0.3 is 0 Å². The number of anilines is 1. The van der Waals surface area contributed by atoms with E-state index in [2.05, 4.69) is 26.1 Å². The van der Waals surface area contributed by atoms with Gasteiger partial charge in [-0.2, -0.15) is 4.98 Å². The number of nitrogens with zero attached hydrogens (tertiary/aromatic N) is 3. The van der Waals surface area contributed by atoms with Crippen molar-refractivity contribution < 1.29 is 4.79 Å². The molecule has 0 fully saturated rings. The van der Waals surface area contributed by atoms with Gasteiger partial charge in [0.2, 0.25) is 11.1 Å². The summed E-state index contributed by atoms with van der Waals surface area (Å²) in [5.74, 6) is 1.83. The van der Waals surface area contributed by atoms with Crippen LogP contribution in [0, 0.1) is 5.41 Å². The van der Waals surface area contributed by atoms with Crippen LogP contribution in [-0.2, 0) is 4.79 Å². The first kappa shape index (κ1) is 19.5. The summed E-state index contributed by atoms with van der Waals surface area (Å²) in [4.78, 5) is 17.9. The smallest absolute Gasteiger partial charge is 0.227 e. The van der Waals surface area contributed by atoms with Crippen LogP contribution in [0.5, 0.6) is 0 Å². The van der Waals surface area contributed by atoms with Crippen LogP contribution >= 0.6 is 23.4 Å². The predicted molar refractivity (Wildman–Crippen MR) is 114 cm³/mol. The normalized spacial score (nSPS) is 20.6. The van der Waals surface area contributed by atoms with Crippen LogP contribution in [0.15, 0.2) is 40.7 Å². The van der Waals surface area contributed by atoms with Crippen molar-refractivity contribution in [2.24, 2.45) is 5.41 Å². The number of carbonyl (C=O) groups excluding carboxylic acids is 1. The second-order valence-corrected chi connectivity index (χ2v) is 9.72.